The average Bonchev–Trinajstić information content (AvgIpc) is 2.87. The van der Waals surface area contributed by atoms with Gasteiger partial charge in [-0.25, -0.2) is 8.78 Å². The van der Waals surface area contributed by atoms with Gasteiger partial charge in [-0.15, -0.1) is 0 Å². The van der Waals surface area contributed by atoms with Crippen LogP contribution in [0.5, 0.6) is 0 Å². The summed E-state index contributed by atoms with van der Waals surface area (Å²) in [6.45, 7) is 4.44. The van der Waals surface area contributed by atoms with E-state index >= 15 is 8.78 Å². The highest BCUT2D eigenvalue weighted by Crippen LogP contribution is 2.42. The van der Waals surface area contributed by atoms with Gasteiger partial charge in [0.15, 0.2) is 11.6 Å². The lowest BCUT2D eigenvalue weighted by atomic mass is 9.72. The second kappa shape index (κ2) is 11.0. The quantitative estimate of drug-likeness (QED) is 0.281. The van der Waals surface area contributed by atoms with Gasteiger partial charge >= 0.3 is 0 Å². The van der Waals surface area contributed by atoms with Crippen molar-refractivity contribution in [3.63, 3.8) is 0 Å². The molecule has 34 heavy (non-hydrogen) atoms. The summed E-state index contributed by atoms with van der Waals surface area (Å²) in [7, 11) is 0. The van der Waals surface area contributed by atoms with E-state index in [1.165, 1.54) is 19.3 Å². The number of rotatable bonds is 9. The van der Waals surface area contributed by atoms with Crippen LogP contribution < -0.4 is 0 Å². The zero-order valence-electron chi connectivity index (χ0n) is 20.3. The Hall–Kier alpha value is -3.00. The van der Waals surface area contributed by atoms with E-state index in [-0.39, 0.29) is 5.41 Å². The third kappa shape index (κ3) is 5.22. The van der Waals surface area contributed by atoms with E-state index in [0.717, 1.165) is 42.4 Å². The Labute approximate surface area is 203 Å². The van der Waals surface area contributed by atoms with Crippen LogP contribution in [-0.2, 0) is 0 Å². The van der Waals surface area contributed by atoms with Gasteiger partial charge in [0.25, 0.3) is 0 Å². The molecule has 0 bridgehead atoms. The maximum Gasteiger partial charge on any atom is 0.167 e. The molecule has 0 radical (unpaired) electrons. The normalized spacial score (nSPS) is 17.6. The Morgan fingerprint density at radius 2 is 1.32 bits per heavy atom. The van der Waals surface area contributed by atoms with Crippen molar-refractivity contribution < 1.29 is 8.78 Å². The molecule has 0 heterocycles. The topological polar surface area (TPSA) is 0 Å². The summed E-state index contributed by atoms with van der Waals surface area (Å²) in [5, 5.41) is 0. The van der Waals surface area contributed by atoms with E-state index in [1.54, 1.807) is 12.1 Å². The molecule has 3 aromatic carbocycles. The van der Waals surface area contributed by atoms with Gasteiger partial charge in [-0.3, -0.25) is 0 Å². The number of halogens is 2. The van der Waals surface area contributed by atoms with Gasteiger partial charge in [0.05, 0.1) is 0 Å². The summed E-state index contributed by atoms with van der Waals surface area (Å²) in [6, 6.07) is 21.1. The van der Waals surface area contributed by atoms with Crippen molar-refractivity contribution >= 4 is 5.57 Å². The first-order valence-corrected chi connectivity index (χ1v) is 12.6. The number of unbranched alkanes of at least 4 members (excludes halogenated alkanes) is 2. The molecule has 2 heteroatoms. The standard InChI is InChI=1S/C32H34F2/c1-3-5-9-21-32(20-4-2)22-18-27(19-23-32)29-17-16-28(30(33)31(29)34)26-14-12-25(13-15-26)24-10-7-6-8-11-24/h6-8,10-19,22H,3-5,9,20-21,23H2,1-2H3. The van der Waals surface area contributed by atoms with Crippen LogP contribution in [0.15, 0.2) is 85.0 Å². The molecular weight excluding hydrogens is 422 g/mol. The predicted octanol–water partition coefficient (Wildman–Crippen LogP) is 10.0. The Bertz CT molecular complexity index is 1160. The van der Waals surface area contributed by atoms with E-state index in [4.69, 9.17) is 0 Å². The fourth-order valence-electron chi connectivity index (χ4n) is 5.10. The molecule has 0 saturated carbocycles. The molecule has 0 aliphatic heterocycles. The fourth-order valence-corrected chi connectivity index (χ4v) is 5.10. The highest BCUT2D eigenvalue weighted by molar-refractivity contribution is 5.78. The molecule has 0 saturated heterocycles. The first-order chi connectivity index (χ1) is 16.6. The van der Waals surface area contributed by atoms with Gasteiger partial charge in [-0.05, 0) is 46.9 Å². The van der Waals surface area contributed by atoms with Crippen LogP contribution in [0.3, 0.4) is 0 Å². The SMILES string of the molecule is CCCCCC1(CCC)C=CC(c2ccc(-c3ccc(-c4ccccc4)cc3)c(F)c2F)=CC1. The highest BCUT2D eigenvalue weighted by Gasteiger charge is 2.28. The van der Waals surface area contributed by atoms with Crippen molar-refractivity contribution in [2.45, 2.75) is 58.8 Å². The van der Waals surface area contributed by atoms with Gasteiger partial charge in [0.2, 0.25) is 0 Å². The largest absolute Gasteiger partial charge is 0.203 e. The molecule has 1 aliphatic carbocycles. The van der Waals surface area contributed by atoms with Crippen molar-refractivity contribution in [1.82, 2.24) is 0 Å². The molecule has 1 unspecified atom stereocenters. The molecule has 0 amide bonds. The van der Waals surface area contributed by atoms with Gasteiger partial charge in [0, 0.05) is 11.1 Å². The Morgan fingerprint density at radius 3 is 1.97 bits per heavy atom. The third-order valence-corrected chi connectivity index (χ3v) is 7.07. The molecule has 1 atom stereocenters. The van der Waals surface area contributed by atoms with Crippen LogP contribution in [0.4, 0.5) is 8.78 Å². The summed E-state index contributed by atoms with van der Waals surface area (Å²) in [5.74, 6) is -1.55. The van der Waals surface area contributed by atoms with Crippen molar-refractivity contribution in [2.75, 3.05) is 0 Å². The zero-order chi connectivity index (χ0) is 24.0. The van der Waals surface area contributed by atoms with Crippen LogP contribution in [0.25, 0.3) is 27.8 Å². The van der Waals surface area contributed by atoms with Gasteiger partial charge in [-0.2, -0.15) is 0 Å². The van der Waals surface area contributed by atoms with Crippen LogP contribution in [0.2, 0.25) is 0 Å². The van der Waals surface area contributed by atoms with Gasteiger partial charge in [-0.1, -0.05) is 124 Å². The zero-order valence-corrected chi connectivity index (χ0v) is 20.3. The molecule has 0 nitrogen and oxygen atoms in total. The lowest BCUT2D eigenvalue weighted by Crippen LogP contribution is -2.19. The number of hydrogen-bond acceptors (Lipinski definition) is 0. The minimum absolute atomic E-state index is 0.156. The fraction of sp³-hybridized carbons (Fsp3) is 0.312. The summed E-state index contributed by atoms with van der Waals surface area (Å²) >= 11 is 0. The number of benzene rings is 3. The van der Waals surface area contributed by atoms with Crippen molar-refractivity contribution in [3.8, 4) is 22.3 Å². The molecule has 0 N–H and O–H groups in total. The molecule has 0 spiro atoms. The third-order valence-electron chi connectivity index (χ3n) is 7.07. The first kappa shape index (κ1) is 24.1. The van der Waals surface area contributed by atoms with E-state index < -0.39 is 11.6 Å². The average molecular weight is 457 g/mol. The molecule has 176 valence electrons. The predicted molar refractivity (Wildman–Crippen MR) is 140 cm³/mol. The molecular formula is C32H34F2. The minimum atomic E-state index is -0.785. The maximum atomic E-state index is 15.2. The Balaban J connectivity index is 1.55. The monoisotopic (exact) mass is 456 g/mol. The second-order valence-electron chi connectivity index (χ2n) is 9.50. The summed E-state index contributed by atoms with van der Waals surface area (Å²) in [5.41, 5.74) is 4.40. The van der Waals surface area contributed by atoms with Crippen molar-refractivity contribution in [2.24, 2.45) is 5.41 Å². The van der Waals surface area contributed by atoms with E-state index in [2.05, 4.69) is 26.0 Å². The van der Waals surface area contributed by atoms with E-state index in [9.17, 15) is 0 Å². The lowest BCUT2D eigenvalue weighted by molar-refractivity contribution is 0.308. The lowest BCUT2D eigenvalue weighted by Gasteiger charge is -2.32. The molecule has 0 fully saturated rings. The summed E-state index contributed by atoms with van der Waals surface area (Å²) in [4.78, 5) is 0. The van der Waals surface area contributed by atoms with E-state index in [0.29, 0.717) is 16.7 Å². The highest BCUT2D eigenvalue weighted by atomic mass is 19.2. The summed E-state index contributed by atoms with van der Waals surface area (Å²) < 4.78 is 30.4. The molecule has 3 aromatic rings. The Kier molecular flexibility index (Phi) is 7.77. The minimum Gasteiger partial charge on any atom is -0.203 e. The first-order valence-electron chi connectivity index (χ1n) is 12.6. The molecule has 4 rings (SSSR count). The molecule has 0 aromatic heterocycles. The van der Waals surface area contributed by atoms with Crippen LogP contribution >= 0.6 is 0 Å². The van der Waals surface area contributed by atoms with Crippen molar-refractivity contribution in [1.29, 1.82) is 0 Å². The van der Waals surface area contributed by atoms with Crippen LogP contribution in [-0.4, -0.2) is 0 Å². The van der Waals surface area contributed by atoms with Gasteiger partial charge in [0.1, 0.15) is 0 Å². The number of hydrogen-bond donors (Lipinski definition) is 0. The smallest absolute Gasteiger partial charge is 0.167 e. The van der Waals surface area contributed by atoms with E-state index in [1.807, 2.05) is 60.7 Å². The second-order valence-corrected chi connectivity index (χ2v) is 9.50. The summed E-state index contributed by atoms with van der Waals surface area (Å²) in [6.07, 6.45) is 14.3. The van der Waals surface area contributed by atoms with Crippen LogP contribution in [0, 0.1) is 17.0 Å². The van der Waals surface area contributed by atoms with Crippen LogP contribution in [0.1, 0.15) is 64.4 Å². The van der Waals surface area contributed by atoms with Crippen molar-refractivity contribution in [3.05, 3.63) is 102 Å². The Morgan fingerprint density at radius 1 is 0.676 bits per heavy atom. The maximum absolute atomic E-state index is 15.2. The molecule has 1 aliphatic rings. The van der Waals surface area contributed by atoms with Gasteiger partial charge < -0.3 is 0 Å². The number of allylic oxidation sites excluding steroid dienone is 4.